The normalized spacial score (nSPS) is 12.3. The van der Waals surface area contributed by atoms with Crippen LogP contribution in [-0.4, -0.2) is 9.97 Å². The summed E-state index contributed by atoms with van der Waals surface area (Å²) in [6.45, 7) is 8.39. The van der Waals surface area contributed by atoms with Crippen LogP contribution >= 0.6 is 11.6 Å². The fourth-order valence-corrected chi connectivity index (χ4v) is 2.24. The molecule has 0 saturated carbocycles. The predicted octanol–water partition coefficient (Wildman–Crippen LogP) is 3.82. The smallest absolute Gasteiger partial charge is 0.107 e. The fraction of sp³-hybridized carbons (Fsp3) is 0.417. The molecule has 0 aliphatic rings. The van der Waals surface area contributed by atoms with Gasteiger partial charge in [-0.25, -0.2) is 4.98 Å². The van der Waals surface area contributed by atoms with E-state index < -0.39 is 0 Å². The molecule has 0 bridgehead atoms. The van der Waals surface area contributed by atoms with Gasteiger partial charge in [0.15, 0.2) is 0 Å². The van der Waals surface area contributed by atoms with Crippen LogP contribution in [0.15, 0.2) is 12.1 Å². The summed E-state index contributed by atoms with van der Waals surface area (Å²) in [4.78, 5) is 7.58. The molecule has 0 aliphatic heterocycles. The molecule has 0 radical (unpaired) electrons. The molecule has 1 N–H and O–H groups in total. The van der Waals surface area contributed by atoms with E-state index in [-0.39, 0.29) is 5.41 Å². The molecule has 80 valence electrons. The number of rotatable bonds is 0. The summed E-state index contributed by atoms with van der Waals surface area (Å²) >= 11 is 6.36. The van der Waals surface area contributed by atoms with Crippen LogP contribution in [-0.2, 0) is 5.41 Å². The van der Waals surface area contributed by atoms with Crippen molar-refractivity contribution in [1.82, 2.24) is 9.97 Å². The lowest BCUT2D eigenvalue weighted by Gasteiger charge is -2.20. The summed E-state index contributed by atoms with van der Waals surface area (Å²) in [7, 11) is 0. The van der Waals surface area contributed by atoms with Crippen molar-refractivity contribution in [2.75, 3.05) is 0 Å². The summed E-state index contributed by atoms with van der Waals surface area (Å²) < 4.78 is 0. The molecule has 0 fully saturated rings. The molecule has 2 aromatic rings. The van der Waals surface area contributed by atoms with Gasteiger partial charge in [0.1, 0.15) is 11.3 Å². The molecule has 3 heteroatoms. The molecule has 0 unspecified atom stereocenters. The maximum Gasteiger partial charge on any atom is 0.107 e. The van der Waals surface area contributed by atoms with E-state index in [0.29, 0.717) is 0 Å². The summed E-state index contributed by atoms with van der Waals surface area (Å²) in [5, 5.41) is 0.768. The number of aromatic nitrogens is 2. The first-order valence-electron chi connectivity index (χ1n) is 5.05. The molecule has 0 saturated heterocycles. The highest BCUT2D eigenvalue weighted by Gasteiger charge is 2.19. The van der Waals surface area contributed by atoms with Gasteiger partial charge in [-0.1, -0.05) is 38.4 Å². The molecule has 2 nitrogen and oxygen atoms in total. The Kier molecular flexibility index (Phi) is 2.27. The molecule has 0 aliphatic carbocycles. The van der Waals surface area contributed by atoms with E-state index in [9.17, 15) is 0 Å². The van der Waals surface area contributed by atoms with Crippen LogP contribution in [0.4, 0.5) is 0 Å². The van der Waals surface area contributed by atoms with Gasteiger partial charge in [0.2, 0.25) is 0 Å². The molecule has 15 heavy (non-hydrogen) atoms. The number of aromatic amines is 1. The van der Waals surface area contributed by atoms with Gasteiger partial charge >= 0.3 is 0 Å². The quantitative estimate of drug-likeness (QED) is 0.721. The Balaban J connectivity index is 2.75. The van der Waals surface area contributed by atoms with Gasteiger partial charge in [-0.05, 0) is 24.0 Å². The van der Waals surface area contributed by atoms with Gasteiger partial charge in [-0.3, -0.25) is 0 Å². The number of benzene rings is 1. The van der Waals surface area contributed by atoms with E-state index in [4.69, 9.17) is 11.6 Å². The maximum atomic E-state index is 6.36. The van der Waals surface area contributed by atoms with Crippen LogP contribution in [0.5, 0.6) is 0 Å². The van der Waals surface area contributed by atoms with Gasteiger partial charge in [0.05, 0.1) is 10.5 Å². The number of H-pyrrole nitrogens is 1. The molecular weight excluding hydrogens is 208 g/mol. The summed E-state index contributed by atoms with van der Waals surface area (Å²) in [5.41, 5.74) is 3.08. The van der Waals surface area contributed by atoms with Crippen LogP contribution in [0.25, 0.3) is 11.0 Å². The largest absolute Gasteiger partial charge is 0.342 e. The van der Waals surface area contributed by atoms with E-state index in [1.165, 1.54) is 0 Å². The lowest BCUT2D eigenvalue weighted by Crippen LogP contribution is -2.11. The van der Waals surface area contributed by atoms with Crippen LogP contribution < -0.4 is 0 Å². The zero-order chi connectivity index (χ0) is 11.2. The average Bonchev–Trinajstić information content (AvgIpc) is 2.44. The second-order valence-electron chi connectivity index (χ2n) is 4.90. The van der Waals surface area contributed by atoms with Crippen molar-refractivity contribution in [3.8, 4) is 0 Å². The van der Waals surface area contributed by atoms with Crippen LogP contribution in [0.1, 0.15) is 32.2 Å². The van der Waals surface area contributed by atoms with Crippen LogP contribution in [0.2, 0.25) is 5.02 Å². The van der Waals surface area contributed by atoms with Crippen molar-refractivity contribution in [3.63, 3.8) is 0 Å². The molecule has 1 aromatic carbocycles. The molecule has 1 aromatic heterocycles. The number of nitrogens with zero attached hydrogens (tertiary/aromatic N) is 1. The van der Waals surface area contributed by atoms with E-state index in [1.807, 2.05) is 13.0 Å². The summed E-state index contributed by atoms with van der Waals surface area (Å²) in [5.74, 6) is 0.901. The number of hydrogen-bond acceptors (Lipinski definition) is 1. The number of fused-ring (bicyclic) bond motifs is 1. The number of aryl methyl sites for hydroxylation is 1. The third-order valence-electron chi connectivity index (χ3n) is 2.52. The maximum absolute atomic E-state index is 6.36. The van der Waals surface area contributed by atoms with E-state index in [2.05, 4.69) is 36.8 Å². The van der Waals surface area contributed by atoms with Crippen molar-refractivity contribution in [1.29, 1.82) is 0 Å². The Labute approximate surface area is 94.7 Å². The minimum atomic E-state index is 0.0537. The lowest BCUT2D eigenvalue weighted by atomic mass is 9.87. The number of imidazole rings is 1. The number of hydrogen-bond donors (Lipinski definition) is 1. The van der Waals surface area contributed by atoms with Crippen molar-refractivity contribution >= 4 is 22.6 Å². The zero-order valence-electron chi connectivity index (χ0n) is 9.48. The minimum absolute atomic E-state index is 0.0537. The van der Waals surface area contributed by atoms with Crippen molar-refractivity contribution in [2.45, 2.75) is 33.1 Å². The lowest BCUT2D eigenvalue weighted by molar-refractivity contribution is 0.591. The Morgan fingerprint density at radius 2 is 1.93 bits per heavy atom. The summed E-state index contributed by atoms with van der Waals surface area (Å²) in [6, 6.07) is 4.12. The molecule has 0 spiro atoms. The first kappa shape index (κ1) is 10.5. The highest BCUT2D eigenvalue weighted by atomic mass is 35.5. The van der Waals surface area contributed by atoms with Gasteiger partial charge < -0.3 is 4.98 Å². The molecule has 0 atom stereocenters. The standard InChI is InChI=1S/C12H15ClN2/c1-7-14-9-6-5-8(12(2,3)4)10(13)11(9)15-7/h5-6H,1-4H3,(H,14,15). The van der Waals surface area contributed by atoms with Crippen molar-refractivity contribution in [3.05, 3.63) is 28.5 Å². The van der Waals surface area contributed by atoms with Crippen molar-refractivity contribution < 1.29 is 0 Å². The highest BCUT2D eigenvalue weighted by Crippen LogP contribution is 2.33. The van der Waals surface area contributed by atoms with Crippen molar-refractivity contribution in [2.24, 2.45) is 0 Å². The Morgan fingerprint density at radius 3 is 2.53 bits per heavy atom. The van der Waals surface area contributed by atoms with Gasteiger partial charge in [-0.2, -0.15) is 0 Å². The Bertz CT molecular complexity index is 506. The van der Waals surface area contributed by atoms with E-state index >= 15 is 0 Å². The third kappa shape index (κ3) is 1.74. The number of halogens is 1. The Morgan fingerprint density at radius 1 is 1.27 bits per heavy atom. The summed E-state index contributed by atoms with van der Waals surface area (Å²) in [6.07, 6.45) is 0. The van der Waals surface area contributed by atoms with Gasteiger partial charge in [-0.15, -0.1) is 0 Å². The monoisotopic (exact) mass is 222 g/mol. The molecule has 1 heterocycles. The Hall–Kier alpha value is -1.02. The third-order valence-corrected chi connectivity index (χ3v) is 2.90. The first-order valence-corrected chi connectivity index (χ1v) is 5.42. The predicted molar refractivity (Wildman–Crippen MR) is 64.5 cm³/mol. The highest BCUT2D eigenvalue weighted by molar-refractivity contribution is 6.35. The fourth-order valence-electron chi connectivity index (χ4n) is 1.74. The SMILES string of the molecule is Cc1nc2c(Cl)c(C(C)(C)C)ccc2[nH]1. The van der Waals surface area contributed by atoms with E-state index in [1.54, 1.807) is 0 Å². The first-order chi connectivity index (χ1) is 6.89. The van der Waals surface area contributed by atoms with Crippen LogP contribution in [0, 0.1) is 6.92 Å². The second kappa shape index (κ2) is 3.24. The number of nitrogens with one attached hydrogen (secondary N) is 1. The van der Waals surface area contributed by atoms with Gasteiger partial charge in [0.25, 0.3) is 0 Å². The zero-order valence-corrected chi connectivity index (χ0v) is 10.2. The van der Waals surface area contributed by atoms with Crippen LogP contribution in [0.3, 0.4) is 0 Å². The average molecular weight is 223 g/mol. The molecular formula is C12H15ClN2. The van der Waals surface area contributed by atoms with E-state index in [0.717, 1.165) is 27.4 Å². The minimum Gasteiger partial charge on any atom is -0.342 e. The molecule has 0 amide bonds. The second-order valence-corrected chi connectivity index (χ2v) is 5.27. The topological polar surface area (TPSA) is 28.7 Å². The van der Waals surface area contributed by atoms with Gasteiger partial charge in [0, 0.05) is 0 Å². The molecule has 2 rings (SSSR count).